The molecule has 0 aromatic carbocycles. The normalized spacial score (nSPS) is 10.8. The topological polar surface area (TPSA) is 82.2 Å². The molecule has 6 nitrogen and oxygen atoms in total. The third-order valence-corrected chi connectivity index (χ3v) is 2.10. The standard InChI is InChI=1S/C11H20N4O2/c1-9(2)17-6-5-15-11(16)7-10(8-14-15)13-4-3-12/h7-9,13H,3-6,12H2,1-2H3. The lowest BCUT2D eigenvalue weighted by atomic mass is 10.4. The zero-order valence-corrected chi connectivity index (χ0v) is 10.3. The number of hydrogen-bond acceptors (Lipinski definition) is 5. The molecular formula is C11H20N4O2. The van der Waals surface area contributed by atoms with Gasteiger partial charge < -0.3 is 15.8 Å². The highest BCUT2D eigenvalue weighted by Gasteiger charge is 2.00. The van der Waals surface area contributed by atoms with Gasteiger partial charge in [0.05, 0.1) is 31.1 Å². The average molecular weight is 240 g/mol. The molecule has 0 atom stereocenters. The van der Waals surface area contributed by atoms with Crippen LogP contribution in [0.2, 0.25) is 0 Å². The first-order valence-corrected chi connectivity index (χ1v) is 5.76. The van der Waals surface area contributed by atoms with Crippen LogP contribution in [0.1, 0.15) is 13.8 Å². The van der Waals surface area contributed by atoms with E-state index in [0.717, 1.165) is 0 Å². The zero-order chi connectivity index (χ0) is 12.7. The molecule has 17 heavy (non-hydrogen) atoms. The Kier molecular flexibility index (Phi) is 5.65. The summed E-state index contributed by atoms with van der Waals surface area (Å²) in [7, 11) is 0. The monoisotopic (exact) mass is 240 g/mol. The molecule has 6 heteroatoms. The van der Waals surface area contributed by atoms with Gasteiger partial charge in [-0.25, -0.2) is 4.68 Å². The van der Waals surface area contributed by atoms with E-state index in [9.17, 15) is 4.79 Å². The largest absolute Gasteiger partial charge is 0.382 e. The van der Waals surface area contributed by atoms with Gasteiger partial charge in [-0.05, 0) is 13.8 Å². The van der Waals surface area contributed by atoms with Gasteiger partial charge in [0.2, 0.25) is 0 Å². The molecule has 0 unspecified atom stereocenters. The van der Waals surface area contributed by atoms with Crippen molar-refractivity contribution in [1.82, 2.24) is 9.78 Å². The summed E-state index contributed by atoms with van der Waals surface area (Å²) < 4.78 is 6.75. The van der Waals surface area contributed by atoms with Crippen LogP contribution in [0.5, 0.6) is 0 Å². The molecule has 0 aliphatic heterocycles. The van der Waals surface area contributed by atoms with Gasteiger partial charge in [0, 0.05) is 19.2 Å². The first-order valence-electron chi connectivity index (χ1n) is 5.76. The van der Waals surface area contributed by atoms with Gasteiger partial charge in [-0.2, -0.15) is 5.10 Å². The molecule has 96 valence electrons. The molecule has 3 N–H and O–H groups in total. The lowest BCUT2D eigenvalue weighted by Crippen LogP contribution is -2.26. The Labute approximate surface area is 101 Å². The highest BCUT2D eigenvalue weighted by Crippen LogP contribution is 1.98. The van der Waals surface area contributed by atoms with Gasteiger partial charge in [-0.15, -0.1) is 0 Å². The van der Waals surface area contributed by atoms with Crippen molar-refractivity contribution in [3.8, 4) is 0 Å². The molecule has 1 aromatic heterocycles. The SMILES string of the molecule is CC(C)OCCn1ncc(NCCN)cc1=O. The minimum Gasteiger partial charge on any atom is -0.382 e. The molecule has 0 saturated carbocycles. The molecule has 0 bridgehead atoms. The van der Waals surface area contributed by atoms with Crippen LogP contribution >= 0.6 is 0 Å². The van der Waals surface area contributed by atoms with E-state index in [1.54, 1.807) is 6.20 Å². The van der Waals surface area contributed by atoms with Gasteiger partial charge in [0.25, 0.3) is 5.56 Å². The molecule has 0 saturated heterocycles. The van der Waals surface area contributed by atoms with Crippen molar-refractivity contribution in [2.24, 2.45) is 5.73 Å². The number of rotatable bonds is 7. The van der Waals surface area contributed by atoms with Crippen LogP contribution in [0, 0.1) is 0 Å². The van der Waals surface area contributed by atoms with E-state index in [1.165, 1.54) is 10.7 Å². The van der Waals surface area contributed by atoms with E-state index in [4.69, 9.17) is 10.5 Å². The Morgan fingerprint density at radius 2 is 2.35 bits per heavy atom. The molecule has 0 fully saturated rings. The maximum absolute atomic E-state index is 11.7. The second kappa shape index (κ2) is 7.03. The van der Waals surface area contributed by atoms with Gasteiger partial charge in [-0.1, -0.05) is 0 Å². The van der Waals surface area contributed by atoms with Crippen molar-refractivity contribution < 1.29 is 4.74 Å². The fourth-order valence-electron chi connectivity index (χ4n) is 1.29. The van der Waals surface area contributed by atoms with Gasteiger partial charge in [0.1, 0.15) is 0 Å². The highest BCUT2D eigenvalue weighted by molar-refractivity contribution is 5.38. The average Bonchev–Trinajstić information content (AvgIpc) is 2.28. The number of aromatic nitrogens is 2. The number of anilines is 1. The van der Waals surface area contributed by atoms with E-state index in [-0.39, 0.29) is 11.7 Å². The predicted octanol–water partition coefficient (Wildman–Crippen LogP) is 0.0389. The van der Waals surface area contributed by atoms with Crippen molar-refractivity contribution in [3.05, 3.63) is 22.6 Å². The number of nitrogens with zero attached hydrogens (tertiary/aromatic N) is 2. The van der Waals surface area contributed by atoms with Crippen LogP contribution in [0.25, 0.3) is 0 Å². The van der Waals surface area contributed by atoms with Crippen molar-refractivity contribution in [2.75, 3.05) is 25.0 Å². The Hall–Kier alpha value is -1.40. The van der Waals surface area contributed by atoms with Crippen LogP contribution in [0.15, 0.2) is 17.1 Å². The minimum absolute atomic E-state index is 0.139. The van der Waals surface area contributed by atoms with E-state index in [2.05, 4.69) is 10.4 Å². The molecule has 1 rings (SSSR count). The summed E-state index contributed by atoms with van der Waals surface area (Å²) in [5, 5.41) is 7.05. The lowest BCUT2D eigenvalue weighted by Gasteiger charge is -2.09. The Balaban J connectivity index is 2.54. The maximum Gasteiger partial charge on any atom is 0.268 e. The number of nitrogens with one attached hydrogen (secondary N) is 1. The number of ether oxygens (including phenoxy) is 1. The molecule has 1 heterocycles. The van der Waals surface area contributed by atoms with Crippen molar-refractivity contribution in [2.45, 2.75) is 26.5 Å². The quantitative estimate of drug-likeness (QED) is 0.703. The van der Waals surface area contributed by atoms with Gasteiger partial charge in [0.15, 0.2) is 0 Å². The van der Waals surface area contributed by atoms with Crippen molar-refractivity contribution >= 4 is 5.69 Å². The van der Waals surface area contributed by atoms with Crippen molar-refractivity contribution in [1.29, 1.82) is 0 Å². The second-order valence-electron chi connectivity index (χ2n) is 3.94. The molecule has 0 aliphatic rings. The first-order chi connectivity index (χ1) is 8.13. The fraction of sp³-hybridized carbons (Fsp3) is 0.636. The summed E-state index contributed by atoms with van der Waals surface area (Å²) in [6, 6.07) is 1.51. The van der Waals surface area contributed by atoms with Crippen LogP contribution in [0.3, 0.4) is 0 Å². The minimum atomic E-state index is -0.139. The van der Waals surface area contributed by atoms with Gasteiger partial charge >= 0.3 is 0 Å². The third kappa shape index (κ3) is 4.97. The Morgan fingerprint density at radius 1 is 1.59 bits per heavy atom. The zero-order valence-electron chi connectivity index (χ0n) is 10.3. The third-order valence-electron chi connectivity index (χ3n) is 2.10. The Bertz CT molecular complexity index is 389. The van der Waals surface area contributed by atoms with Crippen LogP contribution in [-0.4, -0.2) is 35.6 Å². The number of nitrogens with two attached hydrogens (primary N) is 1. The molecule has 0 radical (unpaired) electrons. The lowest BCUT2D eigenvalue weighted by molar-refractivity contribution is 0.0702. The Morgan fingerprint density at radius 3 is 2.94 bits per heavy atom. The van der Waals surface area contributed by atoms with Crippen LogP contribution in [-0.2, 0) is 11.3 Å². The maximum atomic E-state index is 11.7. The second-order valence-corrected chi connectivity index (χ2v) is 3.94. The molecule has 0 amide bonds. The first kappa shape index (κ1) is 13.7. The summed E-state index contributed by atoms with van der Waals surface area (Å²) in [6.07, 6.45) is 1.78. The van der Waals surface area contributed by atoms with Gasteiger partial charge in [-0.3, -0.25) is 4.79 Å². The predicted molar refractivity (Wildman–Crippen MR) is 67.1 cm³/mol. The van der Waals surface area contributed by atoms with Crippen LogP contribution < -0.4 is 16.6 Å². The smallest absolute Gasteiger partial charge is 0.268 e. The molecule has 1 aromatic rings. The summed E-state index contributed by atoms with van der Waals surface area (Å²) in [5.74, 6) is 0. The summed E-state index contributed by atoms with van der Waals surface area (Å²) in [6.45, 7) is 6.01. The fourth-order valence-corrected chi connectivity index (χ4v) is 1.29. The summed E-state index contributed by atoms with van der Waals surface area (Å²) in [5.41, 5.74) is 5.91. The molecule has 0 spiro atoms. The number of hydrogen-bond donors (Lipinski definition) is 2. The van der Waals surface area contributed by atoms with E-state index in [1.807, 2.05) is 13.8 Å². The van der Waals surface area contributed by atoms with E-state index >= 15 is 0 Å². The highest BCUT2D eigenvalue weighted by atomic mass is 16.5. The molecule has 0 aliphatic carbocycles. The summed E-state index contributed by atoms with van der Waals surface area (Å²) >= 11 is 0. The van der Waals surface area contributed by atoms with Crippen LogP contribution in [0.4, 0.5) is 5.69 Å². The van der Waals surface area contributed by atoms with E-state index in [0.29, 0.717) is 31.9 Å². The van der Waals surface area contributed by atoms with Crippen molar-refractivity contribution in [3.63, 3.8) is 0 Å². The summed E-state index contributed by atoms with van der Waals surface area (Å²) in [4.78, 5) is 11.7. The molecular weight excluding hydrogens is 220 g/mol. The van der Waals surface area contributed by atoms with E-state index < -0.39 is 0 Å².